The minimum Gasteiger partial charge on any atom is -0.353 e. The van der Waals surface area contributed by atoms with Crippen LogP contribution in [0.3, 0.4) is 0 Å². The summed E-state index contributed by atoms with van der Waals surface area (Å²) < 4.78 is 2.26. The van der Waals surface area contributed by atoms with Crippen molar-refractivity contribution in [3.63, 3.8) is 0 Å². The fourth-order valence-corrected chi connectivity index (χ4v) is 2.07. The normalized spacial score (nSPS) is 12.7. The van der Waals surface area contributed by atoms with Crippen LogP contribution in [0.15, 0.2) is 6.20 Å². The first-order chi connectivity index (χ1) is 8.21. The quantitative estimate of drug-likeness (QED) is 0.741. The highest BCUT2D eigenvalue weighted by atomic mass is 15.2. The van der Waals surface area contributed by atoms with E-state index < -0.39 is 0 Å². The van der Waals surface area contributed by atoms with Crippen molar-refractivity contribution >= 4 is 5.95 Å². The molecular weight excluding hydrogens is 210 g/mol. The molecule has 1 rings (SSSR count). The number of anilines is 1. The van der Waals surface area contributed by atoms with Crippen LogP contribution in [0.4, 0.5) is 5.95 Å². The summed E-state index contributed by atoms with van der Waals surface area (Å²) in [5, 5.41) is 3.58. The molecular formula is C14H27N3. The van der Waals surface area contributed by atoms with Gasteiger partial charge in [-0.15, -0.1) is 0 Å². The lowest BCUT2D eigenvalue weighted by Gasteiger charge is -2.17. The molecule has 0 radical (unpaired) electrons. The summed E-state index contributed by atoms with van der Waals surface area (Å²) in [7, 11) is 0. The van der Waals surface area contributed by atoms with E-state index in [4.69, 9.17) is 0 Å². The van der Waals surface area contributed by atoms with Gasteiger partial charge in [-0.05, 0) is 26.2 Å². The SMILES string of the molecule is CCCCn1cc(C)nc1NC(CC)CCC. The number of aromatic nitrogens is 2. The number of aryl methyl sites for hydroxylation is 2. The van der Waals surface area contributed by atoms with Crippen LogP contribution in [-0.2, 0) is 6.54 Å². The number of hydrogen-bond donors (Lipinski definition) is 1. The van der Waals surface area contributed by atoms with Gasteiger partial charge in [-0.25, -0.2) is 4.98 Å². The van der Waals surface area contributed by atoms with Gasteiger partial charge >= 0.3 is 0 Å². The summed E-state index contributed by atoms with van der Waals surface area (Å²) in [6.07, 6.45) is 8.19. The molecule has 0 aliphatic rings. The van der Waals surface area contributed by atoms with E-state index in [1.807, 2.05) is 0 Å². The molecule has 0 aliphatic carbocycles. The summed E-state index contributed by atoms with van der Waals surface area (Å²) in [5.74, 6) is 1.05. The van der Waals surface area contributed by atoms with Crippen molar-refractivity contribution in [1.29, 1.82) is 0 Å². The van der Waals surface area contributed by atoms with Crippen molar-refractivity contribution in [2.75, 3.05) is 5.32 Å². The Hall–Kier alpha value is -0.990. The molecule has 98 valence electrons. The zero-order chi connectivity index (χ0) is 12.7. The van der Waals surface area contributed by atoms with Gasteiger partial charge < -0.3 is 9.88 Å². The molecule has 17 heavy (non-hydrogen) atoms. The van der Waals surface area contributed by atoms with Crippen molar-refractivity contribution in [3.8, 4) is 0 Å². The van der Waals surface area contributed by atoms with Gasteiger partial charge in [-0.3, -0.25) is 0 Å². The van der Waals surface area contributed by atoms with E-state index in [1.54, 1.807) is 0 Å². The van der Waals surface area contributed by atoms with Crippen molar-refractivity contribution in [1.82, 2.24) is 9.55 Å². The Morgan fingerprint density at radius 2 is 2.06 bits per heavy atom. The van der Waals surface area contributed by atoms with Crippen LogP contribution in [0.25, 0.3) is 0 Å². The van der Waals surface area contributed by atoms with Crippen LogP contribution < -0.4 is 5.32 Å². The lowest BCUT2D eigenvalue weighted by molar-refractivity contribution is 0.593. The molecule has 1 aromatic rings. The highest BCUT2D eigenvalue weighted by molar-refractivity contribution is 5.30. The molecule has 0 amide bonds. The molecule has 0 aliphatic heterocycles. The van der Waals surface area contributed by atoms with Gasteiger partial charge in [0.15, 0.2) is 0 Å². The standard InChI is InChI=1S/C14H27N3/c1-5-8-10-17-11-12(4)15-14(17)16-13(7-3)9-6-2/h11,13H,5-10H2,1-4H3,(H,15,16). The third kappa shape index (κ3) is 4.41. The second-order valence-corrected chi connectivity index (χ2v) is 4.79. The maximum atomic E-state index is 4.59. The fraction of sp³-hybridized carbons (Fsp3) is 0.786. The zero-order valence-corrected chi connectivity index (χ0v) is 11.8. The van der Waals surface area contributed by atoms with Crippen LogP contribution in [0.2, 0.25) is 0 Å². The van der Waals surface area contributed by atoms with Gasteiger partial charge in [0.2, 0.25) is 5.95 Å². The number of nitrogens with one attached hydrogen (secondary N) is 1. The van der Waals surface area contributed by atoms with Crippen molar-refractivity contribution in [2.45, 2.75) is 72.4 Å². The molecule has 0 fully saturated rings. The number of hydrogen-bond acceptors (Lipinski definition) is 2. The average molecular weight is 237 g/mol. The van der Waals surface area contributed by atoms with E-state index in [0.717, 1.165) is 24.6 Å². The maximum Gasteiger partial charge on any atom is 0.203 e. The third-order valence-corrected chi connectivity index (χ3v) is 3.11. The number of unbranched alkanes of at least 4 members (excludes halogenated alkanes) is 1. The topological polar surface area (TPSA) is 29.9 Å². The van der Waals surface area contributed by atoms with Crippen molar-refractivity contribution < 1.29 is 0 Å². The highest BCUT2D eigenvalue weighted by Crippen LogP contribution is 2.14. The monoisotopic (exact) mass is 237 g/mol. The minimum absolute atomic E-state index is 0.558. The van der Waals surface area contributed by atoms with Gasteiger partial charge in [0.1, 0.15) is 0 Å². The molecule has 1 aromatic heterocycles. The molecule has 0 aromatic carbocycles. The van der Waals surface area contributed by atoms with Crippen LogP contribution in [0.1, 0.15) is 58.6 Å². The molecule has 1 unspecified atom stereocenters. The molecule has 0 saturated heterocycles. The summed E-state index contributed by atoms with van der Waals surface area (Å²) in [4.78, 5) is 4.59. The second-order valence-electron chi connectivity index (χ2n) is 4.79. The van der Waals surface area contributed by atoms with Crippen LogP contribution >= 0.6 is 0 Å². The second kappa shape index (κ2) is 7.36. The average Bonchev–Trinajstić information content (AvgIpc) is 2.66. The van der Waals surface area contributed by atoms with Crippen molar-refractivity contribution in [3.05, 3.63) is 11.9 Å². The van der Waals surface area contributed by atoms with E-state index >= 15 is 0 Å². The first-order valence-electron chi connectivity index (χ1n) is 7.01. The van der Waals surface area contributed by atoms with Crippen LogP contribution in [0, 0.1) is 6.92 Å². The molecule has 0 spiro atoms. The van der Waals surface area contributed by atoms with Gasteiger partial charge in [0, 0.05) is 18.8 Å². The molecule has 1 atom stereocenters. The summed E-state index contributed by atoms with van der Waals surface area (Å²) >= 11 is 0. The Balaban J connectivity index is 2.67. The Bertz CT molecular complexity index is 317. The van der Waals surface area contributed by atoms with Gasteiger partial charge in [-0.2, -0.15) is 0 Å². The summed E-state index contributed by atoms with van der Waals surface area (Å²) in [6.45, 7) is 9.83. The fourth-order valence-electron chi connectivity index (χ4n) is 2.07. The number of imidazole rings is 1. The third-order valence-electron chi connectivity index (χ3n) is 3.11. The number of rotatable bonds is 8. The molecule has 0 bridgehead atoms. The molecule has 1 heterocycles. The van der Waals surface area contributed by atoms with Crippen LogP contribution in [0.5, 0.6) is 0 Å². The van der Waals surface area contributed by atoms with E-state index in [9.17, 15) is 0 Å². The van der Waals surface area contributed by atoms with Gasteiger partial charge in [-0.1, -0.05) is 33.6 Å². The first kappa shape index (κ1) is 14.1. The van der Waals surface area contributed by atoms with E-state index in [0.29, 0.717) is 6.04 Å². The van der Waals surface area contributed by atoms with E-state index in [-0.39, 0.29) is 0 Å². The predicted molar refractivity (Wildman–Crippen MR) is 74.5 cm³/mol. The van der Waals surface area contributed by atoms with Gasteiger partial charge in [0.25, 0.3) is 0 Å². The Morgan fingerprint density at radius 1 is 1.29 bits per heavy atom. The highest BCUT2D eigenvalue weighted by Gasteiger charge is 2.10. The number of nitrogens with zero attached hydrogens (tertiary/aromatic N) is 2. The predicted octanol–water partition coefficient (Wildman–Crippen LogP) is 3.98. The molecule has 3 heteroatoms. The maximum absolute atomic E-state index is 4.59. The Labute approximate surface area is 106 Å². The van der Waals surface area contributed by atoms with E-state index in [1.165, 1.54) is 25.7 Å². The smallest absolute Gasteiger partial charge is 0.203 e. The zero-order valence-electron chi connectivity index (χ0n) is 11.8. The molecule has 3 nitrogen and oxygen atoms in total. The largest absolute Gasteiger partial charge is 0.353 e. The lowest BCUT2D eigenvalue weighted by atomic mass is 10.1. The molecule has 1 N–H and O–H groups in total. The van der Waals surface area contributed by atoms with E-state index in [2.05, 4.69) is 48.8 Å². The van der Waals surface area contributed by atoms with Crippen molar-refractivity contribution in [2.24, 2.45) is 0 Å². The van der Waals surface area contributed by atoms with Gasteiger partial charge in [0.05, 0.1) is 5.69 Å². The summed E-state index contributed by atoms with van der Waals surface area (Å²) in [5.41, 5.74) is 1.11. The first-order valence-corrected chi connectivity index (χ1v) is 7.01. The Morgan fingerprint density at radius 3 is 2.65 bits per heavy atom. The summed E-state index contributed by atoms with van der Waals surface area (Å²) in [6, 6.07) is 0.558. The molecule has 0 saturated carbocycles. The minimum atomic E-state index is 0.558. The lowest BCUT2D eigenvalue weighted by Crippen LogP contribution is -2.20. The van der Waals surface area contributed by atoms with Crippen LogP contribution in [-0.4, -0.2) is 15.6 Å². The Kier molecular flexibility index (Phi) is 6.09.